The number of aliphatic hydroxyl groups is 1. The van der Waals surface area contributed by atoms with Crippen LogP contribution < -0.4 is 10.6 Å². The highest BCUT2D eigenvalue weighted by molar-refractivity contribution is 9.10. The van der Waals surface area contributed by atoms with Gasteiger partial charge < -0.3 is 15.7 Å². The minimum atomic E-state index is -0.167. The van der Waals surface area contributed by atoms with Gasteiger partial charge in [-0.2, -0.15) is 0 Å². The third kappa shape index (κ3) is 2.10. The average Bonchev–Trinajstić information content (AvgIpc) is 2.70. The minimum Gasteiger partial charge on any atom is -0.396 e. The molecule has 0 saturated carbocycles. The number of aromatic nitrogens is 1. The monoisotopic (exact) mass is 347 g/mol. The third-order valence-corrected chi connectivity index (χ3v) is 5.29. The number of hydrogen-bond donors (Lipinski definition) is 2. The zero-order valence-electron chi connectivity index (χ0n) is 11.7. The van der Waals surface area contributed by atoms with Crippen molar-refractivity contribution in [3.63, 3.8) is 0 Å². The average molecular weight is 348 g/mol. The second kappa shape index (κ2) is 4.85. The van der Waals surface area contributed by atoms with Gasteiger partial charge in [-0.1, -0.05) is 15.9 Å². The zero-order chi connectivity index (χ0) is 14.6. The fourth-order valence-corrected chi connectivity index (χ4v) is 4.33. The SMILES string of the molecule is Nc1cnc2ccc(Br)cc2c1N1C2CCC1CC(O)C2. The number of nitrogens with zero attached hydrogens (tertiary/aromatic N) is 2. The molecular formula is C16H18BrN3O. The molecule has 0 amide bonds. The summed E-state index contributed by atoms with van der Waals surface area (Å²) in [5, 5.41) is 11.1. The number of nitrogen functional groups attached to an aromatic ring is 1. The van der Waals surface area contributed by atoms with Crippen molar-refractivity contribution in [2.75, 3.05) is 10.6 Å². The van der Waals surface area contributed by atoms with Crippen molar-refractivity contribution in [2.24, 2.45) is 0 Å². The quantitative estimate of drug-likeness (QED) is 0.832. The van der Waals surface area contributed by atoms with E-state index in [0.717, 1.165) is 52.4 Å². The van der Waals surface area contributed by atoms with Crippen molar-refractivity contribution < 1.29 is 5.11 Å². The summed E-state index contributed by atoms with van der Waals surface area (Å²) >= 11 is 3.54. The second-order valence-corrected chi connectivity index (χ2v) is 7.06. The van der Waals surface area contributed by atoms with E-state index in [9.17, 15) is 5.11 Å². The second-order valence-electron chi connectivity index (χ2n) is 6.14. The van der Waals surface area contributed by atoms with Gasteiger partial charge in [0.2, 0.25) is 0 Å². The Morgan fingerprint density at radius 2 is 1.95 bits per heavy atom. The summed E-state index contributed by atoms with van der Waals surface area (Å²) in [6.07, 6.45) is 5.55. The standard InChI is InChI=1S/C16H18BrN3O/c17-9-1-4-15-13(5-9)16(14(18)8-19-15)20-10-2-3-11(20)7-12(21)6-10/h1,4-5,8,10-12,21H,2-3,6-7,18H2. The number of pyridine rings is 1. The van der Waals surface area contributed by atoms with E-state index in [1.165, 1.54) is 0 Å². The minimum absolute atomic E-state index is 0.167. The lowest BCUT2D eigenvalue weighted by atomic mass is 9.98. The molecule has 1 aromatic heterocycles. The van der Waals surface area contributed by atoms with E-state index in [-0.39, 0.29) is 6.10 Å². The number of hydrogen-bond acceptors (Lipinski definition) is 4. The first kappa shape index (κ1) is 13.3. The molecule has 2 aliphatic rings. The van der Waals surface area contributed by atoms with Crippen LogP contribution in [0, 0.1) is 0 Å². The normalized spacial score (nSPS) is 28.3. The Kier molecular flexibility index (Phi) is 3.08. The Morgan fingerprint density at radius 1 is 1.24 bits per heavy atom. The van der Waals surface area contributed by atoms with Gasteiger partial charge in [-0.05, 0) is 43.9 Å². The topological polar surface area (TPSA) is 62.4 Å². The summed E-state index contributed by atoms with van der Waals surface area (Å²) in [6, 6.07) is 6.90. The van der Waals surface area contributed by atoms with Crippen LogP contribution in [0.3, 0.4) is 0 Å². The van der Waals surface area contributed by atoms with E-state index in [1.807, 2.05) is 12.1 Å². The maximum absolute atomic E-state index is 10.0. The lowest BCUT2D eigenvalue weighted by Crippen LogP contribution is -2.45. The first-order valence-corrected chi connectivity index (χ1v) is 8.23. The summed E-state index contributed by atoms with van der Waals surface area (Å²) < 4.78 is 1.04. The van der Waals surface area contributed by atoms with Gasteiger partial charge in [0.05, 0.1) is 29.2 Å². The summed E-state index contributed by atoms with van der Waals surface area (Å²) in [5.41, 5.74) is 9.07. The molecule has 2 aromatic rings. The first-order valence-electron chi connectivity index (χ1n) is 7.43. The smallest absolute Gasteiger partial charge is 0.0745 e. The van der Waals surface area contributed by atoms with Crippen molar-refractivity contribution in [2.45, 2.75) is 43.9 Å². The molecule has 2 bridgehead atoms. The molecule has 2 unspecified atom stereocenters. The van der Waals surface area contributed by atoms with Crippen molar-refractivity contribution >= 4 is 38.2 Å². The van der Waals surface area contributed by atoms with E-state index in [2.05, 4.69) is 31.9 Å². The number of halogens is 1. The number of nitrogens with two attached hydrogens (primary N) is 1. The lowest BCUT2D eigenvalue weighted by Gasteiger charge is -2.40. The molecule has 2 fully saturated rings. The highest BCUT2D eigenvalue weighted by Crippen LogP contribution is 2.44. The Bertz CT molecular complexity index is 686. The van der Waals surface area contributed by atoms with Gasteiger partial charge in [0.25, 0.3) is 0 Å². The highest BCUT2D eigenvalue weighted by Gasteiger charge is 2.41. The maximum Gasteiger partial charge on any atom is 0.0745 e. The highest BCUT2D eigenvalue weighted by atomic mass is 79.9. The van der Waals surface area contributed by atoms with Gasteiger partial charge >= 0.3 is 0 Å². The molecule has 2 atom stereocenters. The largest absolute Gasteiger partial charge is 0.396 e. The number of rotatable bonds is 1. The van der Waals surface area contributed by atoms with E-state index >= 15 is 0 Å². The van der Waals surface area contributed by atoms with Crippen molar-refractivity contribution in [3.8, 4) is 0 Å². The van der Waals surface area contributed by atoms with Gasteiger partial charge in [-0.3, -0.25) is 4.98 Å². The van der Waals surface area contributed by atoms with Crippen molar-refractivity contribution in [3.05, 3.63) is 28.9 Å². The molecule has 2 saturated heterocycles. The number of aliphatic hydroxyl groups excluding tert-OH is 1. The van der Waals surface area contributed by atoms with Crippen LogP contribution in [-0.4, -0.2) is 28.3 Å². The third-order valence-electron chi connectivity index (χ3n) is 4.80. The molecule has 0 radical (unpaired) electrons. The van der Waals surface area contributed by atoms with E-state index < -0.39 is 0 Å². The number of benzene rings is 1. The van der Waals surface area contributed by atoms with Crippen LogP contribution >= 0.6 is 15.9 Å². The molecule has 21 heavy (non-hydrogen) atoms. The summed E-state index contributed by atoms with van der Waals surface area (Å²) in [6.45, 7) is 0. The van der Waals surface area contributed by atoms with Crippen LogP contribution in [0.2, 0.25) is 0 Å². The van der Waals surface area contributed by atoms with Crippen LogP contribution in [0.25, 0.3) is 10.9 Å². The number of fused-ring (bicyclic) bond motifs is 3. The molecule has 2 aliphatic heterocycles. The zero-order valence-corrected chi connectivity index (χ0v) is 13.3. The van der Waals surface area contributed by atoms with Crippen LogP contribution in [-0.2, 0) is 0 Å². The van der Waals surface area contributed by atoms with E-state index in [0.29, 0.717) is 12.1 Å². The lowest BCUT2D eigenvalue weighted by molar-refractivity contribution is 0.126. The van der Waals surface area contributed by atoms with Gasteiger partial charge in [-0.15, -0.1) is 0 Å². The van der Waals surface area contributed by atoms with Crippen LogP contribution in [0.15, 0.2) is 28.9 Å². The molecule has 4 rings (SSSR count). The first-order chi connectivity index (χ1) is 10.1. The summed E-state index contributed by atoms with van der Waals surface area (Å²) in [5.74, 6) is 0. The van der Waals surface area contributed by atoms with Crippen molar-refractivity contribution in [1.82, 2.24) is 4.98 Å². The molecule has 4 nitrogen and oxygen atoms in total. The fourth-order valence-electron chi connectivity index (χ4n) is 3.97. The van der Waals surface area contributed by atoms with Gasteiger partial charge in [0, 0.05) is 21.9 Å². The summed E-state index contributed by atoms with van der Waals surface area (Å²) in [7, 11) is 0. The van der Waals surface area contributed by atoms with Crippen LogP contribution in [0.4, 0.5) is 11.4 Å². The Labute approximate surface area is 132 Å². The van der Waals surface area contributed by atoms with Crippen LogP contribution in [0.5, 0.6) is 0 Å². The van der Waals surface area contributed by atoms with Crippen LogP contribution in [0.1, 0.15) is 25.7 Å². The van der Waals surface area contributed by atoms with Crippen molar-refractivity contribution in [1.29, 1.82) is 0 Å². The Hall–Kier alpha value is -1.33. The molecule has 1 aromatic carbocycles. The van der Waals surface area contributed by atoms with E-state index in [4.69, 9.17) is 5.73 Å². The van der Waals surface area contributed by atoms with Gasteiger partial charge in [0.15, 0.2) is 0 Å². The molecular weight excluding hydrogens is 330 g/mol. The van der Waals surface area contributed by atoms with Gasteiger partial charge in [-0.25, -0.2) is 0 Å². The maximum atomic E-state index is 10.0. The predicted octanol–water partition coefficient (Wildman–Crippen LogP) is 3.07. The number of anilines is 2. The predicted molar refractivity (Wildman–Crippen MR) is 88.4 cm³/mol. The van der Waals surface area contributed by atoms with E-state index in [1.54, 1.807) is 6.20 Å². The molecule has 3 N–H and O–H groups in total. The Balaban J connectivity index is 1.90. The molecule has 3 heterocycles. The fraction of sp³-hybridized carbons (Fsp3) is 0.438. The molecule has 0 aliphatic carbocycles. The van der Waals surface area contributed by atoms with Gasteiger partial charge in [0.1, 0.15) is 0 Å². The molecule has 0 spiro atoms. The molecule has 110 valence electrons. The number of piperidine rings is 1. The molecule has 5 heteroatoms. The Morgan fingerprint density at radius 3 is 2.67 bits per heavy atom. The summed E-state index contributed by atoms with van der Waals surface area (Å²) in [4.78, 5) is 6.88.